The maximum Gasteiger partial charge on any atom is 0.270 e. The van der Waals surface area contributed by atoms with E-state index in [4.69, 9.17) is 0 Å². The van der Waals surface area contributed by atoms with E-state index in [-0.39, 0.29) is 5.91 Å². The Hall–Kier alpha value is -3.81. The van der Waals surface area contributed by atoms with Crippen molar-refractivity contribution in [1.29, 1.82) is 0 Å². The van der Waals surface area contributed by atoms with Gasteiger partial charge in [-0.1, -0.05) is 6.07 Å². The Bertz CT molecular complexity index is 1220. The molecule has 8 nitrogen and oxygen atoms in total. The summed E-state index contributed by atoms with van der Waals surface area (Å²) in [5.41, 5.74) is 4.22. The van der Waals surface area contributed by atoms with Crippen molar-refractivity contribution in [3.8, 4) is 22.6 Å². The molecule has 1 saturated carbocycles. The van der Waals surface area contributed by atoms with Crippen LogP contribution in [0.15, 0.2) is 61.3 Å². The standard InChI is InChI=1S/C24H25N7O/c1-29(16-20-5-3-4-9-25-20)24(32)22-11-18(15-31(22)14-17-6-7-17)19-12-26-23(27-13-19)21-8-10-28-30(21)2/h3-5,8-13,15,17H,6-7,14,16H2,1-2H3. The van der Waals surface area contributed by atoms with Crippen molar-refractivity contribution in [2.45, 2.75) is 25.9 Å². The minimum absolute atomic E-state index is 0.0185. The van der Waals surface area contributed by atoms with Gasteiger partial charge >= 0.3 is 0 Å². The molecule has 0 saturated heterocycles. The fraction of sp³-hybridized carbons (Fsp3) is 0.292. The highest BCUT2D eigenvalue weighted by Crippen LogP contribution is 2.33. The molecule has 0 spiro atoms. The second kappa shape index (κ2) is 8.37. The minimum Gasteiger partial charge on any atom is -0.343 e. The quantitative estimate of drug-likeness (QED) is 0.451. The lowest BCUT2D eigenvalue weighted by Crippen LogP contribution is -2.28. The lowest BCUT2D eigenvalue weighted by atomic mass is 10.2. The van der Waals surface area contributed by atoms with Gasteiger partial charge in [-0.3, -0.25) is 14.5 Å². The summed E-state index contributed by atoms with van der Waals surface area (Å²) in [6, 6.07) is 9.57. The number of pyridine rings is 1. The molecule has 0 unspecified atom stereocenters. The number of hydrogen-bond acceptors (Lipinski definition) is 5. The topological polar surface area (TPSA) is 81.7 Å². The maximum atomic E-state index is 13.3. The van der Waals surface area contributed by atoms with Gasteiger partial charge < -0.3 is 9.47 Å². The van der Waals surface area contributed by atoms with Crippen LogP contribution in [0.4, 0.5) is 0 Å². The summed E-state index contributed by atoms with van der Waals surface area (Å²) in [5, 5.41) is 4.17. The van der Waals surface area contributed by atoms with E-state index < -0.39 is 0 Å². The van der Waals surface area contributed by atoms with Gasteiger partial charge in [-0.2, -0.15) is 5.10 Å². The van der Waals surface area contributed by atoms with Gasteiger partial charge in [-0.05, 0) is 43.0 Å². The van der Waals surface area contributed by atoms with Gasteiger partial charge in [0.25, 0.3) is 5.91 Å². The van der Waals surface area contributed by atoms with Crippen LogP contribution in [0.25, 0.3) is 22.6 Å². The van der Waals surface area contributed by atoms with Crippen molar-refractivity contribution < 1.29 is 4.79 Å². The van der Waals surface area contributed by atoms with E-state index >= 15 is 0 Å². The van der Waals surface area contributed by atoms with Gasteiger partial charge in [0.2, 0.25) is 0 Å². The average molecular weight is 428 g/mol. The number of rotatable bonds is 7. The normalized spacial score (nSPS) is 13.3. The summed E-state index contributed by atoms with van der Waals surface area (Å²) < 4.78 is 3.83. The van der Waals surface area contributed by atoms with Crippen LogP contribution >= 0.6 is 0 Å². The van der Waals surface area contributed by atoms with E-state index in [9.17, 15) is 4.79 Å². The first-order chi connectivity index (χ1) is 15.6. The van der Waals surface area contributed by atoms with Crippen molar-refractivity contribution in [1.82, 2.24) is 34.2 Å². The number of carbonyl (C=O) groups is 1. The lowest BCUT2D eigenvalue weighted by Gasteiger charge is -2.18. The zero-order valence-electron chi connectivity index (χ0n) is 18.2. The molecule has 0 atom stereocenters. The molecule has 1 aliphatic rings. The Balaban J connectivity index is 1.41. The molecule has 0 radical (unpaired) electrons. The Morgan fingerprint density at radius 3 is 2.56 bits per heavy atom. The Labute approximate surface area is 186 Å². The second-order valence-electron chi connectivity index (χ2n) is 8.33. The average Bonchev–Trinajstić information content (AvgIpc) is 3.37. The van der Waals surface area contributed by atoms with Crippen molar-refractivity contribution in [2.24, 2.45) is 13.0 Å². The SMILES string of the molecule is CN(Cc1ccccn1)C(=O)c1cc(-c2cnc(-c3ccnn3C)nc2)cn1CC1CC1. The molecule has 4 heterocycles. The van der Waals surface area contributed by atoms with E-state index in [0.29, 0.717) is 24.0 Å². The molecule has 1 fully saturated rings. The first kappa shape index (κ1) is 20.1. The lowest BCUT2D eigenvalue weighted by molar-refractivity contribution is 0.0772. The van der Waals surface area contributed by atoms with Gasteiger partial charge in [0, 0.05) is 62.8 Å². The monoisotopic (exact) mass is 427 g/mol. The predicted molar refractivity (Wildman–Crippen MR) is 120 cm³/mol. The van der Waals surface area contributed by atoms with E-state index in [1.807, 2.05) is 50.6 Å². The second-order valence-corrected chi connectivity index (χ2v) is 8.33. The summed E-state index contributed by atoms with van der Waals surface area (Å²) in [6.45, 7) is 1.32. The molecule has 32 heavy (non-hydrogen) atoms. The maximum absolute atomic E-state index is 13.3. The molecular weight excluding hydrogens is 402 g/mol. The first-order valence-electron chi connectivity index (χ1n) is 10.7. The Morgan fingerprint density at radius 2 is 1.91 bits per heavy atom. The highest BCUT2D eigenvalue weighted by Gasteiger charge is 2.26. The number of amides is 1. The zero-order chi connectivity index (χ0) is 22.1. The third-order valence-corrected chi connectivity index (χ3v) is 5.77. The summed E-state index contributed by atoms with van der Waals surface area (Å²) in [4.78, 5) is 28.4. The first-order valence-corrected chi connectivity index (χ1v) is 10.7. The molecule has 1 aliphatic carbocycles. The number of nitrogens with zero attached hydrogens (tertiary/aromatic N) is 7. The van der Waals surface area contributed by atoms with Crippen LogP contribution in [0.1, 0.15) is 29.0 Å². The van der Waals surface area contributed by atoms with Crippen molar-refractivity contribution in [3.63, 3.8) is 0 Å². The van der Waals surface area contributed by atoms with Crippen LogP contribution in [-0.4, -0.2) is 47.2 Å². The molecular formula is C24H25N7O. The van der Waals surface area contributed by atoms with E-state index in [1.54, 1.807) is 34.4 Å². The molecule has 0 bridgehead atoms. The van der Waals surface area contributed by atoms with Crippen LogP contribution in [0, 0.1) is 5.92 Å². The summed E-state index contributed by atoms with van der Waals surface area (Å²) in [5.74, 6) is 1.25. The summed E-state index contributed by atoms with van der Waals surface area (Å²) in [6.07, 6.45) is 11.6. The zero-order valence-corrected chi connectivity index (χ0v) is 18.2. The fourth-order valence-corrected chi connectivity index (χ4v) is 3.78. The van der Waals surface area contributed by atoms with Crippen molar-refractivity contribution in [3.05, 3.63) is 72.7 Å². The van der Waals surface area contributed by atoms with Crippen molar-refractivity contribution >= 4 is 5.91 Å². The molecule has 162 valence electrons. The highest BCUT2D eigenvalue weighted by molar-refractivity contribution is 5.94. The van der Waals surface area contributed by atoms with Gasteiger partial charge in [-0.15, -0.1) is 0 Å². The molecule has 8 heteroatoms. The molecule has 0 aliphatic heterocycles. The largest absolute Gasteiger partial charge is 0.343 e. The fourth-order valence-electron chi connectivity index (χ4n) is 3.78. The van der Waals surface area contributed by atoms with Crippen LogP contribution in [-0.2, 0) is 20.1 Å². The third-order valence-electron chi connectivity index (χ3n) is 5.77. The van der Waals surface area contributed by atoms with Crippen LogP contribution in [0.3, 0.4) is 0 Å². The summed E-state index contributed by atoms with van der Waals surface area (Å²) >= 11 is 0. The summed E-state index contributed by atoms with van der Waals surface area (Å²) in [7, 11) is 3.68. The number of hydrogen-bond donors (Lipinski definition) is 0. The number of aromatic nitrogens is 6. The Kier molecular flexibility index (Phi) is 5.26. The minimum atomic E-state index is -0.0185. The van der Waals surface area contributed by atoms with Gasteiger partial charge in [0.1, 0.15) is 11.4 Å². The molecule has 4 aromatic rings. The van der Waals surface area contributed by atoms with E-state index in [0.717, 1.165) is 29.1 Å². The smallest absolute Gasteiger partial charge is 0.270 e. The predicted octanol–water partition coefficient (Wildman–Crippen LogP) is 3.42. The van der Waals surface area contributed by atoms with Crippen LogP contribution < -0.4 is 0 Å². The molecule has 1 amide bonds. The van der Waals surface area contributed by atoms with E-state index in [1.165, 1.54) is 12.8 Å². The van der Waals surface area contributed by atoms with E-state index in [2.05, 4.69) is 24.6 Å². The molecule has 5 rings (SSSR count). The van der Waals surface area contributed by atoms with Gasteiger partial charge in [0.05, 0.1) is 12.2 Å². The molecule has 0 N–H and O–H groups in total. The highest BCUT2D eigenvalue weighted by atomic mass is 16.2. The van der Waals surface area contributed by atoms with Crippen LogP contribution in [0.2, 0.25) is 0 Å². The molecule has 4 aromatic heterocycles. The number of aryl methyl sites for hydroxylation is 1. The number of carbonyl (C=O) groups excluding carboxylic acids is 1. The Morgan fingerprint density at radius 1 is 1.09 bits per heavy atom. The van der Waals surface area contributed by atoms with Crippen LogP contribution in [0.5, 0.6) is 0 Å². The van der Waals surface area contributed by atoms with Gasteiger partial charge in [0.15, 0.2) is 5.82 Å². The third kappa shape index (κ3) is 4.16. The van der Waals surface area contributed by atoms with Crippen molar-refractivity contribution in [2.75, 3.05) is 7.05 Å². The molecule has 0 aromatic carbocycles. The van der Waals surface area contributed by atoms with Gasteiger partial charge in [-0.25, -0.2) is 9.97 Å².